The molecule has 1 aromatic heterocycles. The molecule has 2 N–H and O–H groups in total. The molecular weight excluding hydrogens is 370 g/mol. The molecule has 3 heterocycles. The van der Waals surface area contributed by atoms with Gasteiger partial charge in [-0.1, -0.05) is 0 Å². The van der Waals surface area contributed by atoms with Crippen LogP contribution in [0.5, 0.6) is 0 Å². The summed E-state index contributed by atoms with van der Waals surface area (Å²) in [6.45, 7) is 7.64. The van der Waals surface area contributed by atoms with Gasteiger partial charge < -0.3 is 15.0 Å². The molecule has 27 heavy (non-hydrogen) atoms. The Morgan fingerprint density at radius 1 is 1.22 bits per heavy atom. The second kappa shape index (κ2) is 7.73. The summed E-state index contributed by atoms with van der Waals surface area (Å²) < 4.78 is 5.36. The first-order chi connectivity index (χ1) is 12.7. The fourth-order valence-electron chi connectivity index (χ4n) is 2.62. The highest BCUT2D eigenvalue weighted by Crippen LogP contribution is 2.29. The lowest BCUT2D eigenvalue weighted by Gasteiger charge is -2.35. The van der Waals surface area contributed by atoms with Gasteiger partial charge >= 0.3 is 6.09 Å². The van der Waals surface area contributed by atoms with E-state index >= 15 is 0 Å². The third-order valence-corrected chi connectivity index (χ3v) is 4.79. The number of aromatic nitrogens is 1. The topological polar surface area (TPSA) is 104 Å². The summed E-state index contributed by atoms with van der Waals surface area (Å²) in [5.74, 6) is -0.345. The van der Waals surface area contributed by atoms with Crippen molar-refractivity contribution >= 4 is 34.6 Å². The summed E-state index contributed by atoms with van der Waals surface area (Å²) in [6, 6.07) is 3.37. The average molecular weight is 393 g/mol. The molecule has 0 radical (unpaired) electrons. The zero-order valence-corrected chi connectivity index (χ0v) is 16.4. The Kier molecular flexibility index (Phi) is 5.56. The van der Waals surface area contributed by atoms with Crippen LogP contribution >= 0.6 is 11.8 Å². The standard InChI is InChI=1S/C17H23N5O4S/c1-17(2,3)26-16(25)21-6-8-22(9-7-21)20-14(24)11-4-5-12-15(19-11)27-13(23)10-18-12/h4-5,18H,6-10H2,1-3H3,(H,20,24). The smallest absolute Gasteiger partial charge is 0.410 e. The first kappa shape index (κ1) is 19.4. The molecule has 1 fully saturated rings. The van der Waals surface area contributed by atoms with Gasteiger partial charge in [0.2, 0.25) is 5.12 Å². The number of carbonyl (C=O) groups is 3. The van der Waals surface area contributed by atoms with Crippen molar-refractivity contribution in [3.05, 3.63) is 17.8 Å². The molecule has 0 aromatic carbocycles. The summed E-state index contributed by atoms with van der Waals surface area (Å²) in [5.41, 5.74) is 3.26. The monoisotopic (exact) mass is 393 g/mol. The first-order valence-electron chi connectivity index (χ1n) is 8.71. The van der Waals surface area contributed by atoms with Gasteiger partial charge in [0, 0.05) is 26.2 Å². The number of pyridine rings is 1. The van der Waals surface area contributed by atoms with E-state index < -0.39 is 5.60 Å². The van der Waals surface area contributed by atoms with Gasteiger partial charge in [-0.15, -0.1) is 0 Å². The van der Waals surface area contributed by atoms with Crippen molar-refractivity contribution < 1.29 is 19.1 Å². The van der Waals surface area contributed by atoms with Gasteiger partial charge in [-0.2, -0.15) is 0 Å². The van der Waals surface area contributed by atoms with Crippen molar-refractivity contribution in [3.63, 3.8) is 0 Å². The van der Waals surface area contributed by atoms with Crippen LogP contribution in [0.15, 0.2) is 17.2 Å². The molecule has 0 aliphatic carbocycles. The van der Waals surface area contributed by atoms with E-state index in [2.05, 4.69) is 15.7 Å². The fraction of sp³-hybridized carbons (Fsp3) is 0.529. The van der Waals surface area contributed by atoms with Gasteiger partial charge in [-0.05, 0) is 44.7 Å². The minimum atomic E-state index is -0.533. The van der Waals surface area contributed by atoms with Crippen molar-refractivity contribution in [1.82, 2.24) is 20.3 Å². The Bertz CT molecular complexity index is 756. The van der Waals surface area contributed by atoms with Gasteiger partial charge in [0.05, 0.1) is 12.2 Å². The predicted octanol–water partition coefficient (Wildman–Crippen LogP) is 1.32. The third-order valence-electron chi connectivity index (χ3n) is 3.92. The normalized spacial score (nSPS) is 17.7. The molecule has 0 spiro atoms. The highest BCUT2D eigenvalue weighted by atomic mass is 32.2. The van der Waals surface area contributed by atoms with Crippen LogP contribution in [0, 0.1) is 0 Å². The van der Waals surface area contributed by atoms with Crippen LogP contribution in [0.4, 0.5) is 10.5 Å². The lowest BCUT2D eigenvalue weighted by atomic mass is 10.2. The largest absolute Gasteiger partial charge is 0.444 e. The maximum absolute atomic E-state index is 12.4. The maximum Gasteiger partial charge on any atom is 0.410 e. The molecule has 146 valence electrons. The van der Waals surface area contributed by atoms with Crippen LogP contribution in [-0.2, 0) is 9.53 Å². The molecule has 10 heteroatoms. The van der Waals surface area contributed by atoms with Crippen LogP contribution in [0.25, 0.3) is 0 Å². The first-order valence-corrected chi connectivity index (χ1v) is 9.52. The van der Waals surface area contributed by atoms with Gasteiger partial charge in [0.25, 0.3) is 5.91 Å². The van der Waals surface area contributed by atoms with Gasteiger partial charge in [-0.3, -0.25) is 15.0 Å². The van der Waals surface area contributed by atoms with Crippen molar-refractivity contribution in [2.24, 2.45) is 0 Å². The molecule has 1 aromatic rings. The number of hydrazine groups is 1. The molecule has 2 aliphatic rings. The van der Waals surface area contributed by atoms with Gasteiger partial charge in [0.15, 0.2) is 0 Å². The van der Waals surface area contributed by atoms with Crippen molar-refractivity contribution in [3.8, 4) is 0 Å². The Hall–Kier alpha value is -2.33. The number of amides is 2. The third kappa shape index (κ3) is 5.10. The second-order valence-corrected chi connectivity index (χ2v) is 8.32. The number of nitrogens with one attached hydrogen (secondary N) is 2. The highest BCUT2D eigenvalue weighted by Gasteiger charge is 2.27. The molecule has 1 saturated heterocycles. The van der Waals surface area contributed by atoms with E-state index in [9.17, 15) is 14.4 Å². The van der Waals surface area contributed by atoms with E-state index in [0.717, 1.165) is 17.4 Å². The summed E-state index contributed by atoms with van der Waals surface area (Å²) in [4.78, 5) is 41.9. The van der Waals surface area contributed by atoms with E-state index in [1.165, 1.54) is 0 Å². The van der Waals surface area contributed by atoms with Crippen LogP contribution in [0.1, 0.15) is 31.3 Å². The van der Waals surface area contributed by atoms with Gasteiger partial charge in [-0.25, -0.2) is 14.8 Å². The van der Waals surface area contributed by atoms with E-state index in [0.29, 0.717) is 31.2 Å². The van der Waals surface area contributed by atoms with Crippen LogP contribution < -0.4 is 10.7 Å². The number of carbonyl (C=O) groups excluding carboxylic acids is 3. The van der Waals surface area contributed by atoms with E-state index in [1.807, 2.05) is 20.8 Å². The maximum atomic E-state index is 12.4. The molecule has 2 aliphatic heterocycles. The molecule has 0 bridgehead atoms. The summed E-state index contributed by atoms with van der Waals surface area (Å²) in [6.07, 6.45) is -0.348. The summed E-state index contributed by atoms with van der Waals surface area (Å²) in [5, 5.41) is 5.19. The van der Waals surface area contributed by atoms with Crippen LogP contribution in [0.2, 0.25) is 0 Å². The van der Waals surface area contributed by atoms with E-state index in [-0.39, 0.29) is 29.4 Å². The van der Waals surface area contributed by atoms with Crippen molar-refractivity contribution in [2.45, 2.75) is 31.4 Å². The second-order valence-electron chi connectivity index (χ2n) is 7.27. The molecular formula is C17H23N5O4S. The summed E-state index contributed by atoms with van der Waals surface area (Å²) in [7, 11) is 0. The summed E-state index contributed by atoms with van der Waals surface area (Å²) >= 11 is 1.03. The molecule has 0 unspecified atom stereocenters. The number of nitrogens with zero attached hydrogens (tertiary/aromatic N) is 3. The number of fused-ring (bicyclic) bond motifs is 1. The van der Waals surface area contributed by atoms with Crippen molar-refractivity contribution in [2.75, 3.05) is 38.0 Å². The van der Waals surface area contributed by atoms with Gasteiger partial charge in [0.1, 0.15) is 16.3 Å². The van der Waals surface area contributed by atoms with E-state index in [1.54, 1.807) is 22.0 Å². The fourth-order valence-corrected chi connectivity index (χ4v) is 3.37. The zero-order valence-electron chi connectivity index (χ0n) is 15.6. The Balaban J connectivity index is 1.53. The molecule has 0 atom stereocenters. The quantitative estimate of drug-likeness (QED) is 0.775. The number of piperazine rings is 1. The zero-order chi connectivity index (χ0) is 19.6. The molecule has 0 saturated carbocycles. The number of hydrogen-bond acceptors (Lipinski definition) is 8. The molecule has 9 nitrogen and oxygen atoms in total. The van der Waals surface area contributed by atoms with Crippen LogP contribution in [-0.4, -0.2) is 70.3 Å². The number of anilines is 1. The minimum absolute atomic E-state index is 0.0363. The number of ether oxygens (including phenoxy) is 1. The highest BCUT2D eigenvalue weighted by molar-refractivity contribution is 8.13. The number of hydrogen-bond donors (Lipinski definition) is 2. The van der Waals surface area contributed by atoms with Crippen molar-refractivity contribution in [1.29, 1.82) is 0 Å². The minimum Gasteiger partial charge on any atom is -0.444 e. The van der Waals surface area contributed by atoms with Crippen LogP contribution in [0.3, 0.4) is 0 Å². The average Bonchev–Trinajstić information content (AvgIpc) is 2.60. The Morgan fingerprint density at radius 2 is 1.93 bits per heavy atom. The lowest BCUT2D eigenvalue weighted by molar-refractivity contribution is -0.109. The predicted molar refractivity (Wildman–Crippen MR) is 100 cm³/mol. The SMILES string of the molecule is CC(C)(C)OC(=O)N1CCN(NC(=O)c2ccc3c(n2)SC(=O)CN3)CC1. The Morgan fingerprint density at radius 3 is 2.59 bits per heavy atom. The number of rotatable bonds is 2. The molecule has 2 amide bonds. The number of thioether (sulfide) groups is 1. The molecule has 3 rings (SSSR count). The van der Waals surface area contributed by atoms with E-state index in [4.69, 9.17) is 4.74 Å². The lowest BCUT2D eigenvalue weighted by Crippen LogP contribution is -2.55. The Labute approximate surface area is 161 Å².